The van der Waals surface area contributed by atoms with E-state index < -0.39 is 10.0 Å². The average Bonchev–Trinajstić information content (AvgIpc) is 3.03. The molecule has 0 aliphatic carbocycles. The first-order valence-corrected chi connectivity index (χ1v) is 12.2. The Morgan fingerprint density at radius 2 is 1.61 bits per heavy atom. The van der Waals surface area contributed by atoms with Gasteiger partial charge in [-0.25, -0.2) is 17.4 Å². The number of para-hydroxylation sites is 1. The minimum absolute atomic E-state index is 0.156. The molecule has 1 aromatic heterocycles. The summed E-state index contributed by atoms with van der Waals surface area (Å²) in [4.78, 5) is 15.1. The van der Waals surface area contributed by atoms with Gasteiger partial charge in [0.25, 0.3) is 5.91 Å². The Hall–Kier alpha value is -2.97. The Morgan fingerprint density at radius 3 is 2.21 bits per heavy atom. The van der Waals surface area contributed by atoms with E-state index in [-0.39, 0.29) is 10.8 Å². The Kier molecular flexibility index (Phi) is 6.81. The van der Waals surface area contributed by atoms with Crippen LogP contribution in [0.25, 0.3) is 5.69 Å². The molecule has 3 rings (SSSR count). The zero-order chi connectivity index (χ0) is 24.7. The van der Waals surface area contributed by atoms with Crippen molar-refractivity contribution in [3.8, 4) is 5.69 Å². The van der Waals surface area contributed by atoms with E-state index in [2.05, 4.69) is 0 Å². The number of aryl methyl sites for hydroxylation is 3. The van der Waals surface area contributed by atoms with Gasteiger partial charge in [-0.1, -0.05) is 18.2 Å². The van der Waals surface area contributed by atoms with Crippen molar-refractivity contribution in [1.29, 1.82) is 0 Å². The van der Waals surface area contributed by atoms with Gasteiger partial charge in [0.15, 0.2) is 0 Å². The van der Waals surface area contributed by atoms with Gasteiger partial charge in [-0.2, -0.15) is 5.10 Å². The number of aromatic nitrogens is 2. The molecule has 8 heteroatoms. The monoisotopic (exact) mass is 468 g/mol. The number of carbonyl (C=O) groups excluding carboxylic acids is 1. The van der Waals surface area contributed by atoms with Crippen LogP contribution in [0, 0.1) is 34.6 Å². The Balaban J connectivity index is 1.96. The molecule has 0 N–H and O–H groups in total. The SMILES string of the molecule is Cc1ccccc1-n1nc(C)c(CN(C)C(=O)c2cc(C)c(C)c(S(=O)(=O)N(C)C)c2)c1C. The average molecular weight is 469 g/mol. The van der Waals surface area contributed by atoms with Gasteiger partial charge in [-0.15, -0.1) is 0 Å². The van der Waals surface area contributed by atoms with E-state index in [1.165, 1.54) is 24.5 Å². The van der Waals surface area contributed by atoms with Crippen LogP contribution in [0.3, 0.4) is 0 Å². The molecular weight excluding hydrogens is 436 g/mol. The standard InChI is InChI=1S/C25H32N4O3S/c1-16-11-9-10-12-23(16)29-20(5)22(19(4)26-29)15-28(8)25(30)21-13-17(2)18(3)24(14-21)33(31,32)27(6)7/h9-14H,15H2,1-8H3. The third-order valence-electron chi connectivity index (χ3n) is 6.15. The summed E-state index contributed by atoms with van der Waals surface area (Å²) in [6, 6.07) is 11.3. The molecule has 2 aromatic carbocycles. The summed E-state index contributed by atoms with van der Waals surface area (Å²) >= 11 is 0. The fourth-order valence-electron chi connectivity index (χ4n) is 3.88. The maximum absolute atomic E-state index is 13.3. The zero-order valence-corrected chi connectivity index (χ0v) is 21.4. The largest absolute Gasteiger partial charge is 0.337 e. The van der Waals surface area contributed by atoms with Crippen molar-refractivity contribution in [2.75, 3.05) is 21.1 Å². The van der Waals surface area contributed by atoms with Crippen molar-refractivity contribution in [2.45, 2.75) is 46.1 Å². The van der Waals surface area contributed by atoms with E-state index in [1.807, 2.05) is 56.6 Å². The second-order valence-corrected chi connectivity index (χ2v) is 10.8. The molecule has 3 aromatic rings. The fourth-order valence-corrected chi connectivity index (χ4v) is 5.10. The molecule has 0 unspecified atom stereocenters. The number of hydrogen-bond donors (Lipinski definition) is 0. The quantitative estimate of drug-likeness (QED) is 0.549. The topological polar surface area (TPSA) is 75.5 Å². The molecule has 0 radical (unpaired) electrons. The summed E-state index contributed by atoms with van der Waals surface area (Å²) in [6.07, 6.45) is 0. The maximum Gasteiger partial charge on any atom is 0.253 e. The van der Waals surface area contributed by atoms with Crippen LogP contribution in [0.2, 0.25) is 0 Å². The van der Waals surface area contributed by atoms with Gasteiger partial charge >= 0.3 is 0 Å². The van der Waals surface area contributed by atoms with Crippen molar-refractivity contribution in [3.05, 3.63) is 75.6 Å². The highest BCUT2D eigenvalue weighted by molar-refractivity contribution is 7.89. The van der Waals surface area contributed by atoms with Crippen molar-refractivity contribution in [1.82, 2.24) is 19.0 Å². The van der Waals surface area contributed by atoms with Crippen molar-refractivity contribution in [2.24, 2.45) is 0 Å². The lowest BCUT2D eigenvalue weighted by Gasteiger charge is -2.20. The van der Waals surface area contributed by atoms with Crippen LogP contribution >= 0.6 is 0 Å². The number of benzene rings is 2. The minimum Gasteiger partial charge on any atom is -0.337 e. The smallest absolute Gasteiger partial charge is 0.253 e. The van der Waals surface area contributed by atoms with Gasteiger partial charge < -0.3 is 4.90 Å². The summed E-state index contributed by atoms with van der Waals surface area (Å²) in [5, 5.41) is 4.71. The normalized spacial score (nSPS) is 11.8. The molecule has 1 heterocycles. The van der Waals surface area contributed by atoms with Crippen molar-refractivity contribution in [3.63, 3.8) is 0 Å². The lowest BCUT2D eigenvalue weighted by molar-refractivity contribution is 0.0784. The van der Waals surface area contributed by atoms with Gasteiger partial charge in [0.1, 0.15) is 0 Å². The van der Waals surface area contributed by atoms with Crippen LogP contribution in [0.5, 0.6) is 0 Å². The third-order valence-corrected chi connectivity index (χ3v) is 8.09. The molecule has 33 heavy (non-hydrogen) atoms. The molecule has 0 atom stereocenters. The molecule has 0 fully saturated rings. The van der Waals surface area contributed by atoms with Gasteiger partial charge in [-0.05, 0) is 69.5 Å². The van der Waals surface area contributed by atoms with E-state index in [4.69, 9.17) is 5.10 Å². The van der Waals surface area contributed by atoms with Crippen LogP contribution in [0.4, 0.5) is 0 Å². The van der Waals surface area contributed by atoms with Gasteiger partial charge in [-0.3, -0.25) is 4.79 Å². The lowest BCUT2D eigenvalue weighted by Crippen LogP contribution is -2.28. The fraction of sp³-hybridized carbons (Fsp3) is 0.360. The zero-order valence-electron chi connectivity index (χ0n) is 20.6. The highest BCUT2D eigenvalue weighted by atomic mass is 32.2. The highest BCUT2D eigenvalue weighted by Gasteiger charge is 2.25. The second-order valence-electron chi connectivity index (χ2n) is 8.71. The summed E-state index contributed by atoms with van der Waals surface area (Å²) in [7, 11) is 1.03. The first-order chi connectivity index (χ1) is 15.4. The molecule has 0 bridgehead atoms. The molecule has 0 aliphatic heterocycles. The number of rotatable bonds is 6. The molecule has 7 nitrogen and oxygen atoms in total. The van der Waals surface area contributed by atoms with Gasteiger partial charge in [0, 0.05) is 44.5 Å². The molecule has 0 saturated heterocycles. The molecule has 0 spiro atoms. The first-order valence-electron chi connectivity index (χ1n) is 10.8. The molecule has 176 valence electrons. The van der Waals surface area contributed by atoms with Crippen LogP contribution in [-0.2, 0) is 16.6 Å². The van der Waals surface area contributed by atoms with Crippen LogP contribution in [0.15, 0.2) is 41.3 Å². The van der Waals surface area contributed by atoms with Gasteiger partial charge in [0.05, 0.1) is 16.3 Å². The van der Waals surface area contributed by atoms with Crippen LogP contribution in [-0.4, -0.2) is 54.5 Å². The highest BCUT2D eigenvalue weighted by Crippen LogP contribution is 2.25. The Labute approximate surface area is 196 Å². The number of nitrogens with zero attached hydrogens (tertiary/aromatic N) is 4. The van der Waals surface area contributed by atoms with E-state index in [1.54, 1.807) is 24.9 Å². The summed E-state index contributed by atoms with van der Waals surface area (Å²) in [5.74, 6) is -0.240. The Morgan fingerprint density at radius 1 is 0.970 bits per heavy atom. The minimum atomic E-state index is -3.67. The van der Waals surface area contributed by atoms with E-state index >= 15 is 0 Å². The Bertz CT molecular complexity index is 1320. The summed E-state index contributed by atoms with van der Waals surface area (Å²) in [5.41, 5.74) is 6.67. The number of carbonyl (C=O) groups is 1. The predicted molar refractivity (Wildman–Crippen MR) is 130 cm³/mol. The maximum atomic E-state index is 13.3. The van der Waals surface area contributed by atoms with Crippen molar-refractivity contribution < 1.29 is 13.2 Å². The van der Waals surface area contributed by atoms with Crippen LogP contribution < -0.4 is 0 Å². The number of amides is 1. The molecule has 1 amide bonds. The third kappa shape index (κ3) is 4.58. The lowest BCUT2D eigenvalue weighted by atomic mass is 10.0. The molecule has 0 aliphatic rings. The van der Waals surface area contributed by atoms with E-state index in [0.717, 1.165) is 33.8 Å². The summed E-state index contributed by atoms with van der Waals surface area (Å²) in [6.45, 7) is 9.92. The summed E-state index contributed by atoms with van der Waals surface area (Å²) < 4.78 is 28.6. The molecular formula is C25H32N4O3S. The van der Waals surface area contributed by atoms with E-state index in [0.29, 0.717) is 17.7 Å². The second kappa shape index (κ2) is 9.11. The number of hydrogen-bond acceptors (Lipinski definition) is 4. The van der Waals surface area contributed by atoms with Crippen LogP contribution in [0.1, 0.15) is 44.0 Å². The van der Waals surface area contributed by atoms with Crippen molar-refractivity contribution >= 4 is 15.9 Å². The van der Waals surface area contributed by atoms with E-state index in [9.17, 15) is 13.2 Å². The number of sulfonamides is 1. The predicted octanol–water partition coefficient (Wildman–Crippen LogP) is 3.94. The molecule has 0 saturated carbocycles. The van der Waals surface area contributed by atoms with Gasteiger partial charge in [0.2, 0.25) is 10.0 Å². The first kappa shape index (κ1) is 24.7.